The second-order valence-corrected chi connectivity index (χ2v) is 10.7. The normalized spacial score (nSPS) is 11.8. The third-order valence-electron chi connectivity index (χ3n) is 7.83. The van der Waals surface area contributed by atoms with Gasteiger partial charge in [0.2, 0.25) is 0 Å². The molecule has 3 aromatic heterocycles. The summed E-state index contributed by atoms with van der Waals surface area (Å²) in [6.07, 6.45) is 0. The Labute approximate surface area is 275 Å². The largest absolute Gasteiger partial charge is 0.357 e. The second-order valence-electron chi connectivity index (χ2n) is 10.7. The van der Waals surface area contributed by atoms with Crippen molar-refractivity contribution in [2.75, 3.05) is 0 Å². The molecule has 7 aromatic rings. The molecule has 8 bridgehead atoms. The Morgan fingerprint density at radius 2 is 0.814 bits per heavy atom. The van der Waals surface area contributed by atoms with Crippen LogP contribution in [0, 0.1) is 52.0 Å². The van der Waals surface area contributed by atoms with E-state index in [0.29, 0.717) is 45.9 Å². The molecule has 0 saturated carbocycles. The van der Waals surface area contributed by atoms with Gasteiger partial charge in [-0.25, -0.2) is 9.97 Å². The van der Waals surface area contributed by atoms with Crippen molar-refractivity contribution in [1.82, 2.24) is 39.9 Å². The molecule has 0 spiro atoms. The van der Waals surface area contributed by atoms with E-state index in [4.69, 9.17) is 39.9 Å². The summed E-state index contributed by atoms with van der Waals surface area (Å²) >= 11 is 0. The van der Waals surface area contributed by atoms with Crippen molar-refractivity contribution >= 4 is 44.1 Å². The number of aryl methyl sites for hydroxylation is 2. The summed E-state index contributed by atoms with van der Waals surface area (Å²) in [5.41, 5.74) is 8.05. The molecule has 43 heavy (non-hydrogen) atoms. The van der Waals surface area contributed by atoms with Crippen molar-refractivity contribution in [3.63, 3.8) is 0 Å². The molecule has 0 unspecified atom stereocenters. The van der Waals surface area contributed by atoms with Crippen LogP contribution in [0.3, 0.4) is 0 Å². The Morgan fingerprint density at radius 3 is 1.40 bits per heavy atom. The third-order valence-corrected chi connectivity index (χ3v) is 7.83. The predicted molar refractivity (Wildman–Crippen MR) is 163 cm³/mol. The van der Waals surface area contributed by atoms with Gasteiger partial charge in [-0.1, -0.05) is 90.0 Å². The average Bonchev–Trinajstić information content (AvgIpc) is 3.72. The van der Waals surface area contributed by atoms with E-state index in [1.807, 2.05) is 60.7 Å². The first-order chi connectivity index (χ1) is 20.6. The Hall–Kier alpha value is -4.49. The quantitative estimate of drug-likeness (QED) is 0.171. The maximum absolute atomic E-state index is 5.03. The minimum absolute atomic E-state index is 0. The molecule has 5 heterocycles. The Balaban J connectivity index is 0.00000278. The predicted octanol–water partition coefficient (Wildman–Crippen LogP) is 6.74. The standard InChI is InChI=1S/C34H20N8.Dy/c1-17-11-13-23-25(15-17)33-40-31(23)38-29-21-9-5-3-7-19(21)27(36-29)35-28-20-8-4-6-10-22(20)30(37-28)39-32-24-14-12-18(2)16-26(24)34(41-32)42-33;/h3-16H,1-2H3;/q-2;. The molecule has 0 amide bonds. The van der Waals surface area contributed by atoms with E-state index in [-0.39, 0.29) is 38.2 Å². The van der Waals surface area contributed by atoms with Crippen LogP contribution in [0.4, 0.5) is 0 Å². The van der Waals surface area contributed by atoms with Crippen LogP contribution < -0.4 is 9.97 Å². The van der Waals surface area contributed by atoms with Crippen molar-refractivity contribution in [3.8, 4) is 45.6 Å². The summed E-state index contributed by atoms with van der Waals surface area (Å²) in [5.74, 6) is 2.23. The maximum atomic E-state index is 5.03. The molecule has 9 rings (SSSR count). The van der Waals surface area contributed by atoms with Gasteiger partial charge in [-0.3, -0.25) is 0 Å². The van der Waals surface area contributed by atoms with Crippen LogP contribution in [0.2, 0.25) is 0 Å². The fourth-order valence-corrected chi connectivity index (χ4v) is 5.79. The average molecular weight is 703 g/mol. The first-order valence-corrected chi connectivity index (χ1v) is 13.7. The first-order valence-electron chi connectivity index (χ1n) is 13.7. The van der Waals surface area contributed by atoms with E-state index in [0.717, 1.165) is 54.9 Å². The van der Waals surface area contributed by atoms with Crippen LogP contribution in [0.5, 0.6) is 0 Å². The van der Waals surface area contributed by atoms with Crippen LogP contribution >= 0.6 is 0 Å². The van der Waals surface area contributed by atoms with Crippen molar-refractivity contribution in [2.24, 2.45) is 0 Å². The number of nitrogens with zero attached hydrogens (tertiary/aromatic N) is 8. The van der Waals surface area contributed by atoms with E-state index in [2.05, 4.69) is 38.1 Å². The fourth-order valence-electron chi connectivity index (χ4n) is 5.79. The van der Waals surface area contributed by atoms with Crippen molar-refractivity contribution in [3.05, 3.63) is 96.1 Å². The van der Waals surface area contributed by atoms with Crippen molar-refractivity contribution in [1.29, 1.82) is 0 Å². The van der Waals surface area contributed by atoms with Gasteiger partial charge in [0.15, 0.2) is 0 Å². The fraction of sp³-hybridized carbons (Fsp3) is 0.0588. The van der Waals surface area contributed by atoms with Gasteiger partial charge in [-0.2, -0.15) is 0 Å². The monoisotopic (exact) mass is 704 g/mol. The molecule has 2 aliphatic rings. The van der Waals surface area contributed by atoms with Gasteiger partial charge in [0.05, 0.1) is 23.3 Å². The van der Waals surface area contributed by atoms with Crippen molar-refractivity contribution in [2.45, 2.75) is 13.8 Å². The van der Waals surface area contributed by atoms with Crippen LogP contribution in [-0.4, -0.2) is 29.9 Å². The van der Waals surface area contributed by atoms with Gasteiger partial charge in [-0.15, -0.1) is 0 Å². The van der Waals surface area contributed by atoms with E-state index in [1.54, 1.807) is 0 Å². The molecule has 2 aliphatic heterocycles. The molecule has 0 aliphatic carbocycles. The number of aromatic nitrogens is 8. The van der Waals surface area contributed by atoms with E-state index in [1.165, 1.54) is 0 Å². The Kier molecular flexibility index (Phi) is 5.95. The van der Waals surface area contributed by atoms with Gasteiger partial charge >= 0.3 is 0 Å². The van der Waals surface area contributed by atoms with Crippen LogP contribution in [-0.2, 0) is 0 Å². The summed E-state index contributed by atoms with van der Waals surface area (Å²) in [6, 6.07) is 28.4. The number of benzene rings is 4. The Bertz CT molecular complexity index is 2460. The van der Waals surface area contributed by atoms with Crippen LogP contribution in [0.15, 0.2) is 84.9 Å². The summed E-state index contributed by atoms with van der Waals surface area (Å²) < 4.78 is 0. The molecule has 4 aromatic carbocycles. The molecular weight excluding hydrogens is 683 g/mol. The second kappa shape index (κ2) is 9.78. The molecule has 0 saturated heterocycles. The van der Waals surface area contributed by atoms with E-state index in [9.17, 15) is 0 Å². The molecule has 208 valence electrons. The zero-order chi connectivity index (χ0) is 27.9. The zero-order valence-corrected chi connectivity index (χ0v) is 25.0. The van der Waals surface area contributed by atoms with Gasteiger partial charge in [0.1, 0.15) is 0 Å². The topological polar surface area (TPSA) is 106 Å². The van der Waals surface area contributed by atoms with Gasteiger partial charge in [-0.05, 0) is 41.5 Å². The van der Waals surface area contributed by atoms with E-state index >= 15 is 0 Å². The van der Waals surface area contributed by atoms with E-state index < -0.39 is 0 Å². The Morgan fingerprint density at radius 1 is 0.395 bits per heavy atom. The zero-order valence-electron chi connectivity index (χ0n) is 23.0. The molecule has 0 radical (unpaired) electrons. The summed E-state index contributed by atoms with van der Waals surface area (Å²) in [7, 11) is 0. The van der Waals surface area contributed by atoms with Crippen molar-refractivity contribution < 1.29 is 38.2 Å². The number of hydrogen-bond donors (Lipinski definition) is 0. The number of hydrogen-bond acceptors (Lipinski definition) is 6. The molecule has 0 atom stereocenters. The van der Waals surface area contributed by atoms with Gasteiger partial charge < -0.3 is 29.9 Å². The number of fused-ring (bicyclic) bond motifs is 20. The summed E-state index contributed by atoms with van der Waals surface area (Å²) in [6.45, 7) is 4.12. The van der Waals surface area contributed by atoms with Crippen LogP contribution in [0.1, 0.15) is 11.1 Å². The summed E-state index contributed by atoms with van der Waals surface area (Å²) in [4.78, 5) is 39.6. The van der Waals surface area contributed by atoms with Gasteiger partial charge in [0, 0.05) is 83.0 Å². The molecule has 8 nitrogen and oxygen atoms in total. The number of rotatable bonds is 0. The van der Waals surface area contributed by atoms with Gasteiger partial charge in [0.25, 0.3) is 0 Å². The van der Waals surface area contributed by atoms with Crippen LogP contribution in [0.25, 0.3) is 89.7 Å². The third kappa shape index (κ3) is 4.09. The first kappa shape index (κ1) is 26.2. The smallest absolute Gasteiger partial charge is 0.0927 e. The SMILES string of the molecule is Cc1ccc2c(c1)-c1nc-2nc2[n-]c(nc3nc(nc4[n-]c(n1)c1cc(C)ccc41)-c1ccccc1-3)c1ccccc21.[Dy]. The molecule has 0 N–H and O–H groups in total. The summed E-state index contributed by atoms with van der Waals surface area (Å²) in [5, 5.41) is 3.60. The maximum Gasteiger partial charge on any atom is 0.0927 e. The molecule has 9 heteroatoms. The minimum Gasteiger partial charge on any atom is -0.357 e. The molecule has 0 fully saturated rings. The minimum atomic E-state index is 0. The molecular formula is C34H20DyN8-2.